The molecule has 2 saturated carbocycles. The maximum absolute atomic E-state index is 14.8. The molecule has 0 saturated heterocycles. The summed E-state index contributed by atoms with van der Waals surface area (Å²) in [5.41, 5.74) is 1.11. The highest BCUT2D eigenvalue weighted by atomic mass is 19.2. The number of aryl methyl sites for hydroxylation is 1. The minimum atomic E-state index is -0.930. The smallest absolute Gasteiger partial charge is 0.200 e. The quantitative estimate of drug-likeness (QED) is 0.485. The average molecular weight is 406 g/mol. The van der Waals surface area contributed by atoms with Crippen LogP contribution in [-0.4, -0.2) is 6.61 Å². The zero-order valence-electron chi connectivity index (χ0n) is 16.8. The van der Waals surface area contributed by atoms with Crippen molar-refractivity contribution < 1.29 is 22.3 Å². The highest BCUT2D eigenvalue weighted by molar-refractivity contribution is 5.36. The fourth-order valence-corrected chi connectivity index (χ4v) is 5.48. The van der Waals surface area contributed by atoms with Crippen molar-refractivity contribution in [1.29, 1.82) is 0 Å². The second-order valence-corrected chi connectivity index (χ2v) is 8.42. The summed E-state index contributed by atoms with van der Waals surface area (Å²) in [6.07, 6.45) is 3.81. The maximum Gasteiger partial charge on any atom is 0.200 e. The Balaban J connectivity index is 1.59. The van der Waals surface area contributed by atoms with Gasteiger partial charge in [0.1, 0.15) is 0 Å². The van der Waals surface area contributed by atoms with Crippen LogP contribution in [0.3, 0.4) is 0 Å². The van der Waals surface area contributed by atoms with Gasteiger partial charge in [-0.2, -0.15) is 4.39 Å². The van der Waals surface area contributed by atoms with Crippen molar-refractivity contribution in [1.82, 2.24) is 0 Å². The normalized spacial score (nSPS) is 26.0. The van der Waals surface area contributed by atoms with Crippen molar-refractivity contribution in [2.75, 3.05) is 6.61 Å². The zero-order chi connectivity index (χ0) is 20.7. The summed E-state index contributed by atoms with van der Waals surface area (Å²) in [5.74, 6) is -3.21. The molecule has 156 valence electrons. The van der Waals surface area contributed by atoms with E-state index in [0.717, 1.165) is 25.7 Å². The maximum atomic E-state index is 14.8. The van der Waals surface area contributed by atoms with Gasteiger partial charge in [0, 0.05) is 0 Å². The van der Waals surface area contributed by atoms with Crippen LogP contribution in [-0.2, 0) is 0 Å². The fourth-order valence-electron chi connectivity index (χ4n) is 5.48. The van der Waals surface area contributed by atoms with Gasteiger partial charge in [0.25, 0.3) is 0 Å². The predicted molar refractivity (Wildman–Crippen MR) is 104 cm³/mol. The van der Waals surface area contributed by atoms with E-state index < -0.39 is 23.3 Å². The van der Waals surface area contributed by atoms with Crippen molar-refractivity contribution in [2.24, 2.45) is 11.8 Å². The lowest BCUT2D eigenvalue weighted by atomic mass is 9.82. The van der Waals surface area contributed by atoms with Crippen LogP contribution in [0.25, 0.3) is 0 Å². The summed E-state index contributed by atoms with van der Waals surface area (Å²) >= 11 is 0. The van der Waals surface area contributed by atoms with Gasteiger partial charge in [0.2, 0.25) is 5.82 Å². The van der Waals surface area contributed by atoms with Crippen LogP contribution in [0.5, 0.6) is 5.75 Å². The Morgan fingerprint density at radius 3 is 1.90 bits per heavy atom. The van der Waals surface area contributed by atoms with Crippen molar-refractivity contribution in [3.8, 4) is 5.75 Å². The molecule has 1 nitrogen and oxygen atoms in total. The third-order valence-electron chi connectivity index (χ3n) is 6.85. The second-order valence-electron chi connectivity index (χ2n) is 8.42. The SMILES string of the molecule is CCCOc1ccc(C2CCC3C(c4ccc(C)c(F)c4F)CCC23)c(F)c1F. The lowest BCUT2D eigenvalue weighted by Gasteiger charge is -2.23. The Bertz CT molecular complexity index is 910. The van der Waals surface area contributed by atoms with Gasteiger partial charge in [-0.1, -0.05) is 25.1 Å². The fraction of sp³-hybridized carbons (Fsp3) is 0.500. The van der Waals surface area contributed by atoms with E-state index in [-0.39, 0.29) is 29.4 Å². The Morgan fingerprint density at radius 2 is 1.31 bits per heavy atom. The highest BCUT2D eigenvalue weighted by Crippen LogP contribution is 2.58. The molecule has 0 heterocycles. The summed E-state index contributed by atoms with van der Waals surface area (Å²) in [5, 5.41) is 0. The molecule has 2 aliphatic carbocycles. The van der Waals surface area contributed by atoms with Gasteiger partial charge in [-0.3, -0.25) is 0 Å². The van der Waals surface area contributed by atoms with Gasteiger partial charge < -0.3 is 4.74 Å². The second kappa shape index (κ2) is 8.00. The van der Waals surface area contributed by atoms with Gasteiger partial charge in [-0.25, -0.2) is 13.2 Å². The van der Waals surface area contributed by atoms with Crippen LogP contribution in [0.4, 0.5) is 17.6 Å². The molecular weight excluding hydrogens is 380 g/mol. The third kappa shape index (κ3) is 3.43. The molecule has 2 aliphatic rings. The van der Waals surface area contributed by atoms with Crippen molar-refractivity contribution >= 4 is 0 Å². The van der Waals surface area contributed by atoms with Crippen molar-refractivity contribution in [3.63, 3.8) is 0 Å². The Kier molecular flexibility index (Phi) is 5.58. The summed E-state index contributed by atoms with van der Waals surface area (Å²) in [6, 6.07) is 6.46. The topological polar surface area (TPSA) is 9.23 Å². The molecule has 0 aliphatic heterocycles. The number of rotatable bonds is 5. The zero-order valence-corrected chi connectivity index (χ0v) is 16.8. The monoisotopic (exact) mass is 406 g/mol. The van der Waals surface area contributed by atoms with Gasteiger partial charge >= 0.3 is 0 Å². The largest absolute Gasteiger partial charge is 0.490 e. The van der Waals surface area contributed by atoms with Crippen molar-refractivity contribution in [2.45, 2.75) is 57.8 Å². The molecule has 4 rings (SSSR count). The van der Waals surface area contributed by atoms with E-state index in [1.165, 1.54) is 6.07 Å². The van der Waals surface area contributed by atoms with Crippen LogP contribution < -0.4 is 4.74 Å². The van der Waals surface area contributed by atoms with Crippen molar-refractivity contribution in [3.05, 3.63) is 64.2 Å². The van der Waals surface area contributed by atoms with E-state index in [4.69, 9.17) is 4.74 Å². The molecule has 2 aromatic rings. The van der Waals surface area contributed by atoms with Gasteiger partial charge in [-0.05, 0) is 85.5 Å². The molecule has 4 atom stereocenters. The molecule has 0 spiro atoms. The number of ether oxygens (including phenoxy) is 1. The molecule has 0 aromatic heterocycles. The molecule has 2 fully saturated rings. The minimum absolute atomic E-state index is 0.0517. The predicted octanol–water partition coefficient (Wildman–Crippen LogP) is 7.03. The van der Waals surface area contributed by atoms with E-state index in [2.05, 4.69) is 0 Å². The standard InChI is InChI=1S/C24H26F4O/c1-3-12-29-20-11-10-19(23(27)24(20)28)17-9-7-14-15(17)6-8-16(14)18-5-4-13(2)21(25)22(18)26/h4-5,10-11,14-17H,3,6-9,12H2,1-2H3. The summed E-state index contributed by atoms with van der Waals surface area (Å²) < 4.78 is 63.2. The lowest BCUT2D eigenvalue weighted by molar-refractivity contribution is 0.293. The number of halogens is 4. The Morgan fingerprint density at radius 1 is 0.759 bits per heavy atom. The molecule has 2 aromatic carbocycles. The Labute approximate surface area is 169 Å². The molecule has 5 heteroatoms. The van der Waals surface area contributed by atoms with E-state index in [1.807, 2.05) is 6.92 Å². The molecule has 0 radical (unpaired) electrons. The van der Waals surface area contributed by atoms with Crippen LogP contribution >= 0.6 is 0 Å². The first kappa shape index (κ1) is 20.2. The molecule has 4 unspecified atom stereocenters. The first-order valence-corrected chi connectivity index (χ1v) is 10.5. The minimum Gasteiger partial charge on any atom is -0.490 e. The van der Waals surface area contributed by atoms with Crippen LogP contribution in [0.1, 0.15) is 67.6 Å². The Hall–Kier alpha value is -2.04. The molecule has 29 heavy (non-hydrogen) atoms. The van der Waals surface area contributed by atoms with Gasteiger partial charge in [0.15, 0.2) is 23.2 Å². The average Bonchev–Trinajstić information content (AvgIpc) is 3.30. The van der Waals surface area contributed by atoms with Crippen LogP contribution in [0.2, 0.25) is 0 Å². The first-order valence-electron chi connectivity index (χ1n) is 10.5. The van der Waals surface area contributed by atoms with Crippen LogP contribution in [0, 0.1) is 42.0 Å². The van der Waals surface area contributed by atoms with Gasteiger partial charge in [-0.15, -0.1) is 0 Å². The van der Waals surface area contributed by atoms with E-state index in [0.29, 0.717) is 29.7 Å². The summed E-state index contributed by atoms with van der Waals surface area (Å²) in [4.78, 5) is 0. The molecular formula is C24H26F4O. The number of fused-ring (bicyclic) bond motifs is 1. The molecule has 0 bridgehead atoms. The van der Waals surface area contributed by atoms with Crippen LogP contribution in [0.15, 0.2) is 24.3 Å². The lowest BCUT2D eigenvalue weighted by Crippen LogP contribution is -2.14. The number of hydrogen-bond acceptors (Lipinski definition) is 1. The summed E-state index contributed by atoms with van der Waals surface area (Å²) in [7, 11) is 0. The number of hydrogen-bond donors (Lipinski definition) is 0. The highest BCUT2D eigenvalue weighted by Gasteiger charge is 2.47. The van der Waals surface area contributed by atoms with E-state index >= 15 is 0 Å². The number of benzene rings is 2. The van der Waals surface area contributed by atoms with Gasteiger partial charge in [0.05, 0.1) is 6.61 Å². The van der Waals surface area contributed by atoms with E-state index in [9.17, 15) is 17.6 Å². The molecule has 0 N–H and O–H groups in total. The van der Waals surface area contributed by atoms with E-state index in [1.54, 1.807) is 25.1 Å². The third-order valence-corrected chi connectivity index (χ3v) is 6.85. The summed E-state index contributed by atoms with van der Waals surface area (Å²) in [6.45, 7) is 3.79. The molecule has 0 amide bonds. The first-order chi connectivity index (χ1) is 13.9.